The van der Waals surface area contributed by atoms with Crippen LogP contribution in [-0.2, 0) is 7.05 Å². The van der Waals surface area contributed by atoms with Crippen LogP contribution >= 0.6 is 22.9 Å². The summed E-state index contributed by atoms with van der Waals surface area (Å²) >= 11 is 7.38. The zero-order valence-electron chi connectivity index (χ0n) is 17.7. The van der Waals surface area contributed by atoms with Crippen LogP contribution in [-0.4, -0.2) is 45.3 Å². The molecule has 1 aliphatic rings. The predicted molar refractivity (Wildman–Crippen MR) is 122 cm³/mol. The maximum absolute atomic E-state index is 14.1. The van der Waals surface area contributed by atoms with E-state index < -0.39 is 23.5 Å². The van der Waals surface area contributed by atoms with Crippen molar-refractivity contribution in [1.29, 1.82) is 0 Å². The highest BCUT2D eigenvalue weighted by molar-refractivity contribution is 7.09. The molecular formula is C22H21ClFN5O3S. The lowest BCUT2D eigenvalue weighted by atomic mass is 9.97. The van der Waals surface area contributed by atoms with E-state index in [0.717, 1.165) is 5.01 Å². The van der Waals surface area contributed by atoms with Gasteiger partial charge < -0.3 is 9.47 Å². The van der Waals surface area contributed by atoms with Crippen molar-refractivity contribution in [2.24, 2.45) is 7.05 Å². The van der Waals surface area contributed by atoms with Crippen LogP contribution in [0.5, 0.6) is 0 Å². The summed E-state index contributed by atoms with van der Waals surface area (Å²) in [6.45, 7) is 0.865. The highest BCUT2D eigenvalue weighted by Gasteiger charge is 2.29. The number of nitrogens with zero attached hydrogens (tertiary/aromatic N) is 3. The minimum Gasteiger partial charge on any atom is -0.347 e. The molecule has 2 aromatic heterocycles. The number of rotatable bonds is 4. The molecule has 2 N–H and O–H groups in total. The van der Waals surface area contributed by atoms with E-state index in [1.807, 2.05) is 0 Å². The van der Waals surface area contributed by atoms with Crippen molar-refractivity contribution in [2.45, 2.75) is 18.8 Å². The second-order valence-corrected chi connectivity index (χ2v) is 8.94. The fourth-order valence-electron chi connectivity index (χ4n) is 3.71. The number of hydrogen-bond acceptors (Lipinski definition) is 5. The van der Waals surface area contributed by atoms with Gasteiger partial charge in [-0.05, 0) is 37.1 Å². The summed E-state index contributed by atoms with van der Waals surface area (Å²) in [5.74, 6) is -1.93. The molecular weight excluding hydrogens is 469 g/mol. The molecule has 0 radical (unpaired) electrons. The summed E-state index contributed by atoms with van der Waals surface area (Å²) in [7, 11) is 1.73. The zero-order valence-corrected chi connectivity index (χ0v) is 19.3. The molecule has 0 saturated carbocycles. The van der Waals surface area contributed by atoms with Crippen molar-refractivity contribution < 1.29 is 18.8 Å². The Morgan fingerprint density at radius 3 is 2.52 bits per heavy atom. The van der Waals surface area contributed by atoms with Crippen LogP contribution in [0.15, 0.2) is 41.9 Å². The standard InChI is InChI=1S/C22H21ClFN5O3S/c1-28-9-3-6-17(28)20(31)27-26-19(30)16-12-33-21(25-16)13-7-10-29(11-8-13)22(32)18-14(23)4-2-5-15(18)24/h2-6,9,12-13H,7-8,10-11H2,1H3,(H,26,30)(H,27,31). The van der Waals surface area contributed by atoms with Gasteiger partial charge in [-0.25, -0.2) is 9.37 Å². The van der Waals surface area contributed by atoms with Crippen molar-refractivity contribution >= 4 is 40.7 Å². The van der Waals surface area contributed by atoms with Crippen LogP contribution in [0.4, 0.5) is 4.39 Å². The molecule has 0 aliphatic carbocycles. The summed E-state index contributed by atoms with van der Waals surface area (Å²) < 4.78 is 15.7. The third-order valence-corrected chi connectivity index (χ3v) is 6.85. The van der Waals surface area contributed by atoms with Crippen molar-refractivity contribution in [2.75, 3.05) is 13.1 Å². The number of halogens is 2. The number of thiazole rings is 1. The van der Waals surface area contributed by atoms with Gasteiger partial charge in [0.15, 0.2) is 0 Å². The van der Waals surface area contributed by atoms with Crippen molar-refractivity contribution in [1.82, 2.24) is 25.3 Å². The normalized spacial score (nSPS) is 14.2. The SMILES string of the molecule is Cn1cccc1C(=O)NNC(=O)c1csc(C2CCN(C(=O)c3c(F)cccc3Cl)CC2)n1. The summed E-state index contributed by atoms with van der Waals surface area (Å²) in [5, 5.41) is 2.51. The fraction of sp³-hybridized carbons (Fsp3) is 0.273. The number of carbonyl (C=O) groups excluding carboxylic acids is 3. The van der Waals surface area contributed by atoms with E-state index in [2.05, 4.69) is 15.8 Å². The van der Waals surface area contributed by atoms with Crippen LogP contribution in [0.1, 0.15) is 55.1 Å². The lowest BCUT2D eigenvalue weighted by Crippen LogP contribution is -2.42. The number of amides is 3. The molecule has 0 bridgehead atoms. The third kappa shape index (κ3) is 4.91. The molecule has 1 aliphatic heterocycles. The smallest absolute Gasteiger partial charge is 0.289 e. The summed E-state index contributed by atoms with van der Waals surface area (Å²) in [5.41, 5.74) is 5.26. The molecule has 3 amide bonds. The number of piperidine rings is 1. The molecule has 0 unspecified atom stereocenters. The van der Waals surface area contributed by atoms with E-state index in [-0.39, 0.29) is 22.2 Å². The van der Waals surface area contributed by atoms with Crippen LogP contribution in [0.2, 0.25) is 5.02 Å². The van der Waals surface area contributed by atoms with Gasteiger partial charge in [0.05, 0.1) is 15.6 Å². The highest BCUT2D eigenvalue weighted by atomic mass is 35.5. The molecule has 0 atom stereocenters. The van der Waals surface area contributed by atoms with E-state index in [9.17, 15) is 18.8 Å². The Hall–Kier alpha value is -3.24. The van der Waals surface area contributed by atoms with E-state index in [0.29, 0.717) is 31.6 Å². The molecule has 1 saturated heterocycles. The molecule has 3 aromatic rings. The Labute approximate surface area is 198 Å². The molecule has 4 rings (SSSR count). The minimum atomic E-state index is -0.635. The van der Waals surface area contributed by atoms with Gasteiger partial charge in [0.1, 0.15) is 17.2 Å². The lowest BCUT2D eigenvalue weighted by molar-refractivity contribution is 0.0708. The fourth-order valence-corrected chi connectivity index (χ4v) is 4.92. The number of aromatic nitrogens is 2. The number of aryl methyl sites for hydroxylation is 1. The third-order valence-electron chi connectivity index (χ3n) is 5.53. The minimum absolute atomic E-state index is 0.0784. The Kier molecular flexibility index (Phi) is 6.75. The molecule has 33 heavy (non-hydrogen) atoms. The van der Waals surface area contributed by atoms with E-state index in [1.54, 1.807) is 40.2 Å². The predicted octanol–water partition coefficient (Wildman–Crippen LogP) is 3.37. The van der Waals surface area contributed by atoms with E-state index >= 15 is 0 Å². The van der Waals surface area contributed by atoms with Gasteiger partial charge in [-0.15, -0.1) is 11.3 Å². The number of likely N-dealkylation sites (tertiary alicyclic amines) is 1. The van der Waals surface area contributed by atoms with E-state index in [4.69, 9.17) is 11.6 Å². The first-order valence-electron chi connectivity index (χ1n) is 10.3. The maximum Gasteiger partial charge on any atom is 0.289 e. The van der Waals surface area contributed by atoms with Crippen LogP contribution in [0.25, 0.3) is 0 Å². The Bertz CT molecular complexity index is 1180. The average Bonchev–Trinajstić information content (AvgIpc) is 3.46. The molecule has 3 heterocycles. The molecule has 172 valence electrons. The quantitative estimate of drug-likeness (QED) is 0.549. The first-order valence-corrected chi connectivity index (χ1v) is 11.5. The van der Waals surface area contributed by atoms with Crippen molar-refractivity contribution in [3.8, 4) is 0 Å². The Morgan fingerprint density at radius 2 is 1.85 bits per heavy atom. The monoisotopic (exact) mass is 489 g/mol. The summed E-state index contributed by atoms with van der Waals surface area (Å²) in [6.07, 6.45) is 3.00. The molecule has 8 nitrogen and oxygen atoms in total. The first kappa shape index (κ1) is 22.9. The number of nitrogens with one attached hydrogen (secondary N) is 2. The van der Waals surface area contributed by atoms with Gasteiger partial charge in [-0.2, -0.15) is 0 Å². The maximum atomic E-state index is 14.1. The Morgan fingerprint density at radius 1 is 1.12 bits per heavy atom. The topological polar surface area (TPSA) is 96.3 Å². The number of benzene rings is 1. The lowest BCUT2D eigenvalue weighted by Gasteiger charge is -2.31. The summed E-state index contributed by atoms with van der Waals surface area (Å²) in [6, 6.07) is 7.54. The highest BCUT2D eigenvalue weighted by Crippen LogP contribution is 2.31. The molecule has 1 fully saturated rings. The molecule has 0 spiro atoms. The average molecular weight is 490 g/mol. The zero-order chi connectivity index (χ0) is 23.5. The number of hydrazine groups is 1. The van der Waals surface area contributed by atoms with Gasteiger partial charge in [0, 0.05) is 37.6 Å². The second-order valence-electron chi connectivity index (χ2n) is 7.65. The van der Waals surface area contributed by atoms with Gasteiger partial charge in [-0.1, -0.05) is 17.7 Å². The Balaban J connectivity index is 1.32. The largest absolute Gasteiger partial charge is 0.347 e. The van der Waals surface area contributed by atoms with E-state index in [1.165, 1.54) is 29.5 Å². The van der Waals surface area contributed by atoms with Crippen molar-refractivity contribution in [3.05, 3.63) is 74.7 Å². The van der Waals surface area contributed by atoms with Crippen LogP contribution in [0.3, 0.4) is 0 Å². The van der Waals surface area contributed by atoms with Gasteiger partial charge >= 0.3 is 0 Å². The van der Waals surface area contributed by atoms with Crippen LogP contribution in [0, 0.1) is 5.82 Å². The summed E-state index contributed by atoms with van der Waals surface area (Å²) in [4.78, 5) is 43.2. The number of carbonyl (C=O) groups is 3. The van der Waals surface area contributed by atoms with Crippen molar-refractivity contribution in [3.63, 3.8) is 0 Å². The van der Waals surface area contributed by atoms with Gasteiger partial charge in [-0.3, -0.25) is 25.2 Å². The molecule has 1 aromatic carbocycles. The first-order chi connectivity index (χ1) is 15.8. The molecule has 11 heteroatoms. The van der Waals surface area contributed by atoms with Gasteiger partial charge in [0.2, 0.25) is 0 Å². The van der Waals surface area contributed by atoms with Crippen LogP contribution < -0.4 is 10.9 Å². The number of hydrogen-bond donors (Lipinski definition) is 2. The van der Waals surface area contributed by atoms with Gasteiger partial charge in [0.25, 0.3) is 17.7 Å². The second kappa shape index (κ2) is 9.72.